The first-order chi connectivity index (χ1) is 33.9. The number of amides is 1. The molecule has 9 nitrogen and oxygen atoms in total. The Kier molecular flexibility index (Phi) is 49.9. The van der Waals surface area contributed by atoms with Gasteiger partial charge < -0.3 is 19.4 Å². The number of nitrogens with zero attached hydrogens (tertiary/aromatic N) is 1. The molecule has 3 unspecified atom stereocenters. The summed E-state index contributed by atoms with van der Waals surface area (Å²) in [5.41, 5.74) is 0. The van der Waals surface area contributed by atoms with Gasteiger partial charge in [-0.05, 0) is 57.4 Å². The second-order valence-corrected chi connectivity index (χ2v) is 23.3. The fourth-order valence-electron chi connectivity index (χ4n) is 8.94. The van der Waals surface area contributed by atoms with E-state index in [-0.39, 0.29) is 25.1 Å². The Bertz CT molecular complexity index is 1250. The van der Waals surface area contributed by atoms with Crippen LogP contribution in [0.15, 0.2) is 24.3 Å². The molecule has 0 fully saturated rings. The van der Waals surface area contributed by atoms with Crippen LogP contribution in [0.5, 0.6) is 0 Å². The van der Waals surface area contributed by atoms with Crippen LogP contribution in [0.1, 0.15) is 297 Å². The van der Waals surface area contributed by atoms with Gasteiger partial charge in [-0.3, -0.25) is 18.6 Å². The standard InChI is InChI=1S/C60H117N2O7P/c1-7-10-13-16-19-22-25-27-29-31-33-35-38-41-44-47-50-53-60(64)69-58(51-48-45-42-39-36-24-21-18-15-12-9-3)57(56-68-70(65,66)67-55-54-62(4,5)6)61-59(63)52-49-46-43-40-37-34-32-30-28-26-23-20-17-14-11-8-2/h27,29,48,51,57-58H,7-26,28,30-47,49-50,52-56H2,1-6H3,(H-,61,63,65,66)/p+1/b29-27+,51-48+. The monoisotopic (exact) mass is 1010 g/mol. The SMILES string of the molecule is CCCCCCCC/C=C/CCCCCCCCCC(=O)OC(/C=C/CCCCCCCCCCC)C(COP(=O)(O)OCC[N+](C)(C)C)NC(=O)CCCCCCCCCCCCCCCCCC. The van der Waals surface area contributed by atoms with Crippen LogP contribution in [0.4, 0.5) is 0 Å². The molecule has 0 rings (SSSR count). The summed E-state index contributed by atoms with van der Waals surface area (Å²) in [7, 11) is 1.51. The van der Waals surface area contributed by atoms with Gasteiger partial charge in [0, 0.05) is 12.8 Å². The van der Waals surface area contributed by atoms with Crippen LogP contribution in [-0.4, -0.2) is 74.3 Å². The molecule has 0 saturated heterocycles. The van der Waals surface area contributed by atoms with Crippen LogP contribution >= 0.6 is 7.82 Å². The van der Waals surface area contributed by atoms with Crippen molar-refractivity contribution in [3.63, 3.8) is 0 Å². The van der Waals surface area contributed by atoms with Crippen molar-refractivity contribution in [3.05, 3.63) is 24.3 Å². The lowest BCUT2D eigenvalue weighted by Gasteiger charge is -2.27. The number of likely N-dealkylation sites (N-methyl/N-ethyl adjacent to an activating group) is 1. The first-order valence-corrected chi connectivity index (χ1v) is 31.7. The number of allylic oxidation sites excluding steroid dienone is 3. The van der Waals surface area contributed by atoms with E-state index in [1.807, 2.05) is 33.3 Å². The third kappa shape index (κ3) is 51.4. The Morgan fingerprint density at radius 3 is 1.21 bits per heavy atom. The Balaban J connectivity index is 5.24. The zero-order chi connectivity index (χ0) is 51.5. The molecule has 0 spiro atoms. The van der Waals surface area contributed by atoms with Gasteiger partial charge in [0.15, 0.2) is 0 Å². The van der Waals surface area contributed by atoms with Crippen LogP contribution < -0.4 is 5.32 Å². The zero-order valence-electron chi connectivity index (χ0n) is 47.3. The second-order valence-electron chi connectivity index (χ2n) is 21.9. The van der Waals surface area contributed by atoms with Crippen LogP contribution in [0.25, 0.3) is 0 Å². The van der Waals surface area contributed by atoms with Crippen LogP contribution in [0, 0.1) is 0 Å². The van der Waals surface area contributed by atoms with Crippen LogP contribution in [-0.2, 0) is 27.9 Å². The predicted molar refractivity (Wildman–Crippen MR) is 300 cm³/mol. The molecule has 0 aliphatic rings. The number of hydrogen-bond donors (Lipinski definition) is 2. The number of phosphoric ester groups is 1. The van der Waals surface area contributed by atoms with E-state index in [4.69, 9.17) is 13.8 Å². The average Bonchev–Trinajstić information content (AvgIpc) is 3.32. The Morgan fingerprint density at radius 2 is 0.829 bits per heavy atom. The molecule has 2 N–H and O–H groups in total. The van der Waals surface area contributed by atoms with Crippen LogP contribution in [0.2, 0.25) is 0 Å². The van der Waals surface area contributed by atoms with Gasteiger partial charge in [-0.1, -0.05) is 251 Å². The summed E-state index contributed by atoms with van der Waals surface area (Å²) < 4.78 is 30.6. The maximum atomic E-state index is 13.5. The van der Waals surface area contributed by atoms with E-state index in [9.17, 15) is 19.0 Å². The smallest absolute Gasteiger partial charge is 0.456 e. The van der Waals surface area contributed by atoms with Crippen molar-refractivity contribution in [1.29, 1.82) is 0 Å². The maximum absolute atomic E-state index is 13.5. The molecule has 0 aromatic carbocycles. The average molecular weight is 1010 g/mol. The van der Waals surface area contributed by atoms with Gasteiger partial charge in [-0.15, -0.1) is 0 Å². The molecule has 3 atom stereocenters. The van der Waals surface area contributed by atoms with Gasteiger partial charge in [-0.2, -0.15) is 0 Å². The van der Waals surface area contributed by atoms with E-state index in [1.54, 1.807) is 0 Å². The van der Waals surface area contributed by atoms with Gasteiger partial charge in [0.05, 0.1) is 33.8 Å². The summed E-state index contributed by atoms with van der Waals surface area (Å²) in [5.74, 6) is -0.496. The minimum Gasteiger partial charge on any atom is -0.456 e. The number of carbonyl (C=O) groups is 2. The molecule has 0 aliphatic heterocycles. The van der Waals surface area contributed by atoms with Crippen molar-refractivity contribution < 1.29 is 37.3 Å². The highest BCUT2D eigenvalue weighted by Crippen LogP contribution is 2.43. The summed E-state index contributed by atoms with van der Waals surface area (Å²) in [4.78, 5) is 37.6. The molecule has 0 aromatic rings. The minimum absolute atomic E-state index is 0.0430. The number of rotatable bonds is 55. The summed E-state index contributed by atoms with van der Waals surface area (Å²) >= 11 is 0. The molecule has 0 saturated carbocycles. The number of hydrogen-bond acceptors (Lipinski definition) is 6. The number of phosphoric acid groups is 1. The van der Waals surface area contributed by atoms with Gasteiger partial charge in [0.2, 0.25) is 5.91 Å². The topological polar surface area (TPSA) is 111 Å². The highest BCUT2D eigenvalue weighted by molar-refractivity contribution is 7.47. The first-order valence-electron chi connectivity index (χ1n) is 30.2. The summed E-state index contributed by atoms with van der Waals surface area (Å²) in [6, 6.07) is -0.843. The van der Waals surface area contributed by atoms with Crippen molar-refractivity contribution >= 4 is 19.7 Å². The summed E-state index contributed by atoms with van der Waals surface area (Å²) in [6.45, 7) is 7.03. The first kappa shape index (κ1) is 68.5. The molecule has 10 heteroatoms. The van der Waals surface area contributed by atoms with Crippen molar-refractivity contribution in [3.8, 4) is 0 Å². The maximum Gasteiger partial charge on any atom is 0.472 e. The van der Waals surface area contributed by atoms with E-state index < -0.39 is 20.0 Å². The van der Waals surface area contributed by atoms with Crippen molar-refractivity contribution in [1.82, 2.24) is 5.32 Å². The molecule has 1 amide bonds. The normalized spacial score (nSPS) is 13.9. The Labute approximate surface area is 434 Å². The second kappa shape index (κ2) is 51.0. The third-order valence-electron chi connectivity index (χ3n) is 13.6. The number of unbranched alkanes of at least 4 members (excludes halogenated alkanes) is 37. The molecule has 0 aliphatic carbocycles. The minimum atomic E-state index is -4.44. The van der Waals surface area contributed by atoms with E-state index in [1.165, 1.54) is 205 Å². The number of carbonyl (C=O) groups excluding carboxylic acids is 2. The van der Waals surface area contributed by atoms with Gasteiger partial charge in [0.1, 0.15) is 19.3 Å². The highest BCUT2D eigenvalue weighted by atomic mass is 31.2. The molecule has 414 valence electrons. The fourth-order valence-corrected chi connectivity index (χ4v) is 9.67. The van der Waals surface area contributed by atoms with E-state index >= 15 is 0 Å². The molecule has 0 aromatic heterocycles. The lowest BCUT2D eigenvalue weighted by Crippen LogP contribution is -2.47. The number of quaternary nitrogens is 1. The summed E-state index contributed by atoms with van der Waals surface area (Å²) in [6.07, 6.45) is 58.8. The van der Waals surface area contributed by atoms with E-state index in [0.717, 1.165) is 57.8 Å². The lowest BCUT2D eigenvalue weighted by molar-refractivity contribution is -0.870. The van der Waals surface area contributed by atoms with E-state index in [0.29, 0.717) is 23.9 Å². The van der Waals surface area contributed by atoms with Crippen LogP contribution in [0.3, 0.4) is 0 Å². The fraction of sp³-hybridized carbons (Fsp3) is 0.900. The number of esters is 1. The quantitative estimate of drug-likeness (QED) is 0.0205. The third-order valence-corrected chi connectivity index (χ3v) is 14.6. The molecule has 0 bridgehead atoms. The van der Waals surface area contributed by atoms with Crippen molar-refractivity contribution in [2.45, 2.75) is 309 Å². The molecule has 70 heavy (non-hydrogen) atoms. The van der Waals surface area contributed by atoms with Crippen molar-refractivity contribution in [2.75, 3.05) is 40.9 Å². The largest absolute Gasteiger partial charge is 0.472 e. The zero-order valence-corrected chi connectivity index (χ0v) is 48.2. The Hall–Kier alpha value is -1.51. The molecule has 0 heterocycles. The van der Waals surface area contributed by atoms with Gasteiger partial charge in [-0.25, -0.2) is 4.57 Å². The van der Waals surface area contributed by atoms with Gasteiger partial charge in [0.25, 0.3) is 0 Å². The molecule has 0 radical (unpaired) electrons. The highest BCUT2D eigenvalue weighted by Gasteiger charge is 2.30. The lowest BCUT2D eigenvalue weighted by atomic mass is 10.0. The summed E-state index contributed by atoms with van der Waals surface area (Å²) in [5, 5.41) is 3.06. The molecular formula is C60H118N2O7P+. The molecular weight excluding hydrogens is 892 g/mol. The Morgan fingerprint density at radius 1 is 0.486 bits per heavy atom. The number of ether oxygens (including phenoxy) is 1. The predicted octanol–water partition coefficient (Wildman–Crippen LogP) is 18.2. The van der Waals surface area contributed by atoms with Gasteiger partial charge >= 0.3 is 13.8 Å². The number of nitrogens with one attached hydrogen (secondary N) is 1. The van der Waals surface area contributed by atoms with E-state index in [2.05, 4.69) is 38.2 Å². The van der Waals surface area contributed by atoms with Crippen molar-refractivity contribution in [2.24, 2.45) is 0 Å².